The van der Waals surface area contributed by atoms with E-state index in [1.54, 1.807) is 25.4 Å². The molecule has 2 rings (SSSR count). The number of aromatic nitrogens is 1. The zero-order chi connectivity index (χ0) is 13.0. The molecule has 0 radical (unpaired) electrons. The van der Waals surface area contributed by atoms with Crippen LogP contribution >= 0.6 is 11.3 Å². The van der Waals surface area contributed by atoms with E-state index in [2.05, 4.69) is 4.98 Å². The molecule has 0 spiro atoms. The number of thiazole rings is 1. The van der Waals surface area contributed by atoms with Gasteiger partial charge in [0.05, 0.1) is 18.2 Å². The number of ether oxygens (including phenoxy) is 1. The van der Waals surface area contributed by atoms with E-state index in [1.807, 2.05) is 12.2 Å². The second kappa shape index (κ2) is 5.42. The van der Waals surface area contributed by atoms with E-state index in [0.717, 1.165) is 15.6 Å². The molecular weight excluding hydrogens is 252 g/mol. The largest absolute Gasteiger partial charge is 0.486 e. The highest BCUT2D eigenvalue weighted by Gasteiger charge is 2.02. The van der Waals surface area contributed by atoms with Gasteiger partial charge in [-0.05, 0) is 23.8 Å². The van der Waals surface area contributed by atoms with Gasteiger partial charge in [-0.3, -0.25) is 10.1 Å². The molecule has 2 aromatic rings. The maximum absolute atomic E-state index is 10.5. The first-order valence-electron chi connectivity index (χ1n) is 5.11. The summed E-state index contributed by atoms with van der Waals surface area (Å²) in [7, 11) is 1.59. The van der Waals surface area contributed by atoms with Crippen LogP contribution in [0.25, 0.3) is 12.2 Å². The average molecular weight is 262 g/mol. The second-order valence-corrected chi connectivity index (χ2v) is 4.43. The van der Waals surface area contributed by atoms with Crippen molar-refractivity contribution in [2.24, 2.45) is 0 Å². The number of nitro benzene ring substituents is 1. The van der Waals surface area contributed by atoms with Crippen molar-refractivity contribution < 1.29 is 9.66 Å². The fraction of sp³-hybridized carbons (Fsp3) is 0.0833. The molecule has 18 heavy (non-hydrogen) atoms. The van der Waals surface area contributed by atoms with Crippen LogP contribution in [0.5, 0.6) is 5.06 Å². The number of hydrogen-bond acceptors (Lipinski definition) is 5. The van der Waals surface area contributed by atoms with E-state index in [1.165, 1.54) is 23.5 Å². The Morgan fingerprint density at radius 1 is 1.33 bits per heavy atom. The van der Waals surface area contributed by atoms with Gasteiger partial charge in [0, 0.05) is 12.1 Å². The zero-order valence-corrected chi connectivity index (χ0v) is 10.4. The van der Waals surface area contributed by atoms with Gasteiger partial charge in [0.1, 0.15) is 5.01 Å². The molecule has 0 unspecified atom stereocenters. The summed E-state index contributed by atoms with van der Waals surface area (Å²) in [6.07, 6.45) is 5.34. The summed E-state index contributed by atoms with van der Waals surface area (Å²) >= 11 is 1.43. The summed E-state index contributed by atoms with van der Waals surface area (Å²) < 4.78 is 5.04. The molecule has 0 saturated carbocycles. The Labute approximate surface area is 108 Å². The van der Waals surface area contributed by atoms with Gasteiger partial charge >= 0.3 is 0 Å². The molecule has 0 atom stereocenters. The monoisotopic (exact) mass is 262 g/mol. The van der Waals surface area contributed by atoms with Crippen molar-refractivity contribution in [1.82, 2.24) is 4.98 Å². The van der Waals surface area contributed by atoms with Crippen molar-refractivity contribution in [3.8, 4) is 5.06 Å². The first kappa shape index (κ1) is 12.3. The molecule has 5 nitrogen and oxygen atoms in total. The van der Waals surface area contributed by atoms with Gasteiger partial charge in [0.2, 0.25) is 0 Å². The molecule has 0 saturated heterocycles. The molecule has 0 fully saturated rings. The van der Waals surface area contributed by atoms with E-state index < -0.39 is 4.92 Å². The maximum atomic E-state index is 10.5. The molecular formula is C12H10N2O3S. The van der Waals surface area contributed by atoms with Gasteiger partial charge in [-0.1, -0.05) is 17.4 Å². The number of benzene rings is 1. The molecule has 0 aliphatic heterocycles. The van der Waals surface area contributed by atoms with Crippen LogP contribution in [-0.4, -0.2) is 17.0 Å². The lowest BCUT2D eigenvalue weighted by molar-refractivity contribution is -0.384. The van der Waals surface area contributed by atoms with Crippen LogP contribution in [0, 0.1) is 10.1 Å². The van der Waals surface area contributed by atoms with Gasteiger partial charge in [0.25, 0.3) is 5.69 Å². The lowest BCUT2D eigenvalue weighted by Gasteiger charge is -1.93. The topological polar surface area (TPSA) is 65.3 Å². The number of nitro groups is 1. The van der Waals surface area contributed by atoms with Crippen molar-refractivity contribution in [1.29, 1.82) is 0 Å². The molecule has 0 aliphatic rings. The summed E-state index contributed by atoms with van der Waals surface area (Å²) in [4.78, 5) is 14.2. The lowest BCUT2D eigenvalue weighted by atomic mass is 10.2. The average Bonchev–Trinajstić information content (AvgIpc) is 2.85. The highest BCUT2D eigenvalue weighted by atomic mass is 32.1. The zero-order valence-electron chi connectivity index (χ0n) is 9.57. The Kier molecular flexibility index (Phi) is 3.69. The number of rotatable bonds is 4. The summed E-state index contributed by atoms with van der Waals surface area (Å²) in [6, 6.07) is 6.34. The minimum absolute atomic E-state index is 0.0862. The Hall–Kier alpha value is -2.21. The predicted molar refractivity (Wildman–Crippen MR) is 70.7 cm³/mol. The van der Waals surface area contributed by atoms with Crippen LogP contribution in [0.2, 0.25) is 0 Å². The van der Waals surface area contributed by atoms with E-state index in [0.29, 0.717) is 0 Å². The van der Waals surface area contributed by atoms with E-state index in [-0.39, 0.29) is 5.69 Å². The minimum Gasteiger partial charge on any atom is -0.486 e. The van der Waals surface area contributed by atoms with Gasteiger partial charge in [-0.2, -0.15) is 0 Å². The summed E-state index contributed by atoms with van der Waals surface area (Å²) in [5.74, 6) is 0. The minimum atomic E-state index is -0.417. The van der Waals surface area contributed by atoms with Gasteiger partial charge in [-0.25, -0.2) is 4.98 Å². The van der Waals surface area contributed by atoms with Gasteiger partial charge in [-0.15, -0.1) is 0 Å². The van der Waals surface area contributed by atoms with E-state index in [4.69, 9.17) is 4.74 Å². The number of nitrogens with zero attached hydrogens (tertiary/aromatic N) is 2. The molecule has 1 heterocycles. The van der Waals surface area contributed by atoms with Crippen molar-refractivity contribution in [3.05, 3.63) is 51.1 Å². The van der Waals surface area contributed by atoms with Crippen LogP contribution in [0.15, 0.2) is 30.5 Å². The van der Waals surface area contributed by atoms with Crippen molar-refractivity contribution in [2.75, 3.05) is 7.11 Å². The summed E-state index contributed by atoms with van der Waals surface area (Å²) in [6.45, 7) is 0. The fourth-order valence-corrected chi connectivity index (χ4v) is 1.95. The smallest absolute Gasteiger partial charge is 0.269 e. The summed E-state index contributed by atoms with van der Waals surface area (Å²) in [5.41, 5.74) is 0.970. The maximum Gasteiger partial charge on any atom is 0.269 e. The second-order valence-electron chi connectivity index (χ2n) is 3.40. The SMILES string of the molecule is COc1cnc(/C=C/c2ccc([N+](=O)[O-])cc2)s1. The molecule has 0 N–H and O–H groups in total. The molecule has 92 valence electrons. The van der Waals surface area contributed by atoms with Crippen molar-refractivity contribution in [3.63, 3.8) is 0 Å². The molecule has 0 aliphatic carbocycles. The van der Waals surface area contributed by atoms with E-state index >= 15 is 0 Å². The molecule has 6 heteroatoms. The molecule has 1 aromatic heterocycles. The number of hydrogen-bond donors (Lipinski definition) is 0. The van der Waals surface area contributed by atoms with Crippen molar-refractivity contribution >= 4 is 29.2 Å². The number of methoxy groups -OCH3 is 1. The van der Waals surface area contributed by atoms with Crippen LogP contribution in [0.3, 0.4) is 0 Å². The molecule has 1 aromatic carbocycles. The Bertz CT molecular complexity index is 575. The van der Waals surface area contributed by atoms with Crippen LogP contribution in [0.4, 0.5) is 5.69 Å². The Morgan fingerprint density at radius 3 is 2.61 bits per heavy atom. The normalized spacial score (nSPS) is 10.7. The third-order valence-corrected chi connectivity index (χ3v) is 3.15. The fourth-order valence-electron chi connectivity index (χ4n) is 1.32. The Balaban J connectivity index is 2.11. The van der Waals surface area contributed by atoms with E-state index in [9.17, 15) is 10.1 Å². The predicted octanol–water partition coefficient (Wildman–Crippen LogP) is 3.23. The quantitative estimate of drug-likeness (QED) is 0.626. The lowest BCUT2D eigenvalue weighted by Crippen LogP contribution is -1.86. The van der Waals surface area contributed by atoms with Crippen LogP contribution in [0.1, 0.15) is 10.6 Å². The molecule has 0 bridgehead atoms. The van der Waals surface area contributed by atoms with Crippen LogP contribution in [-0.2, 0) is 0 Å². The highest BCUT2D eigenvalue weighted by molar-refractivity contribution is 7.14. The van der Waals surface area contributed by atoms with Gasteiger partial charge in [0.15, 0.2) is 5.06 Å². The third kappa shape index (κ3) is 2.92. The first-order valence-corrected chi connectivity index (χ1v) is 5.93. The summed E-state index contributed by atoms with van der Waals surface area (Å²) in [5, 5.41) is 12.1. The number of non-ortho nitro benzene ring substituents is 1. The van der Waals surface area contributed by atoms with Crippen LogP contribution < -0.4 is 4.74 Å². The van der Waals surface area contributed by atoms with Gasteiger partial charge < -0.3 is 4.74 Å². The van der Waals surface area contributed by atoms with Crippen molar-refractivity contribution in [2.45, 2.75) is 0 Å². The standard InChI is InChI=1S/C12H10N2O3S/c1-17-12-8-13-11(18-12)7-4-9-2-5-10(6-3-9)14(15)16/h2-8H,1H3/b7-4+. The Morgan fingerprint density at radius 2 is 2.06 bits per heavy atom. The first-order chi connectivity index (χ1) is 8.69. The molecule has 0 amide bonds. The third-order valence-electron chi connectivity index (χ3n) is 2.23. The highest BCUT2D eigenvalue weighted by Crippen LogP contribution is 2.22.